The van der Waals surface area contributed by atoms with Crippen molar-refractivity contribution in [1.29, 1.82) is 0 Å². The highest BCUT2D eigenvalue weighted by Gasteiger charge is 2.64. The summed E-state index contributed by atoms with van der Waals surface area (Å²) in [4.78, 5) is 25.5. The zero-order chi connectivity index (χ0) is 32.3. The lowest BCUT2D eigenvalue weighted by Crippen LogP contribution is -2.61. The van der Waals surface area contributed by atoms with Crippen molar-refractivity contribution < 1.29 is 49.6 Å². The fourth-order valence-corrected chi connectivity index (χ4v) is 10.4. The van der Waals surface area contributed by atoms with Gasteiger partial charge in [0.05, 0.1) is 11.3 Å². The molecule has 46 heavy (non-hydrogen) atoms. The molecule has 3 atom stereocenters. The molecular formula is C34H27F4O7S-. The Bertz CT molecular complexity index is 1870. The van der Waals surface area contributed by atoms with E-state index < -0.39 is 66.9 Å². The summed E-state index contributed by atoms with van der Waals surface area (Å²) >= 11 is 0. The van der Waals surface area contributed by atoms with Crippen LogP contribution in [-0.4, -0.2) is 30.5 Å². The molecule has 3 unspecified atom stereocenters. The van der Waals surface area contributed by atoms with E-state index >= 15 is 0 Å². The number of hydrogen-bond donors (Lipinski definition) is 0. The van der Waals surface area contributed by atoms with Gasteiger partial charge in [0.25, 0.3) is 0 Å². The smallest absolute Gasteiger partial charge is 0.317 e. The molecule has 0 N–H and O–H groups in total. The summed E-state index contributed by atoms with van der Waals surface area (Å²) in [6, 6.07) is 16.2. The molecule has 3 aromatic rings. The van der Waals surface area contributed by atoms with Crippen molar-refractivity contribution in [1.82, 2.24) is 0 Å². The fourth-order valence-electron chi connectivity index (χ4n) is 9.80. The fraction of sp³-hybridized carbons (Fsp3) is 0.412. The molecule has 0 heterocycles. The molecule has 7 nitrogen and oxygen atoms in total. The molecule has 10 rings (SSSR count). The van der Waals surface area contributed by atoms with E-state index in [0.717, 1.165) is 17.5 Å². The van der Waals surface area contributed by atoms with Crippen LogP contribution in [0.2, 0.25) is 0 Å². The lowest BCUT2D eigenvalue weighted by Gasteiger charge is -2.60. The number of ether oxygens (including phenoxy) is 2. The highest BCUT2D eigenvalue weighted by atomic mass is 32.2. The van der Waals surface area contributed by atoms with E-state index in [9.17, 15) is 40.1 Å². The van der Waals surface area contributed by atoms with Crippen LogP contribution in [0.25, 0.3) is 0 Å². The molecule has 0 aromatic heterocycles. The molecule has 240 valence electrons. The maximum absolute atomic E-state index is 14.8. The van der Waals surface area contributed by atoms with Gasteiger partial charge in [-0.05, 0) is 72.6 Å². The second-order valence-electron chi connectivity index (χ2n) is 13.7. The van der Waals surface area contributed by atoms with Gasteiger partial charge < -0.3 is 14.0 Å². The Balaban J connectivity index is 1.09. The molecule has 0 spiro atoms. The van der Waals surface area contributed by atoms with E-state index in [4.69, 9.17) is 9.47 Å². The number of halogens is 4. The first-order valence-corrected chi connectivity index (χ1v) is 16.7. The van der Waals surface area contributed by atoms with Gasteiger partial charge in [0, 0.05) is 18.3 Å². The molecule has 0 saturated heterocycles. The highest BCUT2D eigenvalue weighted by Crippen LogP contribution is 2.64. The summed E-state index contributed by atoms with van der Waals surface area (Å²) in [6.07, 6.45) is 2.85. The Morgan fingerprint density at radius 3 is 1.80 bits per heavy atom. The van der Waals surface area contributed by atoms with Gasteiger partial charge >= 0.3 is 11.9 Å². The Morgan fingerprint density at radius 2 is 1.28 bits per heavy atom. The van der Waals surface area contributed by atoms with Crippen molar-refractivity contribution in [3.8, 4) is 5.75 Å². The van der Waals surface area contributed by atoms with Crippen LogP contribution < -0.4 is 4.74 Å². The third kappa shape index (κ3) is 4.21. The Morgan fingerprint density at radius 1 is 0.761 bits per heavy atom. The van der Waals surface area contributed by atoms with Crippen LogP contribution in [0.3, 0.4) is 0 Å². The van der Waals surface area contributed by atoms with Crippen molar-refractivity contribution in [2.45, 2.75) is 67.3 Å². The standard InChI is InChI=1S/C34H28F4O7S/c35-25-27(37)30(46(41,42)43)28(38)26(36)29(25)44-32(40)33-11-16-9-17(12-33)14-34(13-16,15-33)45-31(39)23-10-22-18-5-1-3-7-20(18)24(23)21-8-4-2-6-19(21)22/h1-8,16-17,22-24H,9-15H2,(H,41,42,43)/p-1. The van der Waals surface area contributed by atoms with Crippen molar-refractivity contribution in [3.63, 3.8) is 0 Å². The Kier molecular flexibility index (Phi) is 6.35. The number of hydrogen-bond acceptors (Lipinski definition) is 7. The average Bonchev–Trinajstić information content (AvgIpc) is 3.00. The van der Waals surface area contributed by atoms with Gasteiger partial charge in [0.2, 0.25) is 17.4 Å². The molecule has 3 aromatic carbocycles. The molecule has 7 aliphatic carbocycles. The van der Waals surface area contributed by atoms with Crippen molar-refractivity contribution in [2.24, 2.45) is 23.2 Å². The number of esters is 2. The summed E-state index contributed by atoms with van der Waals surface area (Å²) in [5.41, 5.74) is 2.17. The predicted octanol–water partition coefficient (Wildman–Crippen LogP) is 6.23. The van der Waals surface area contributed by atoms with Gasteiger partial charge in [-0.15, -0.1) is 0 Å². The SMILES string of the molecule is O=C(OC12CC3CC(C1)CC(C(=O)Oc1c(F)c(F)c(S(=O)(=O)[O-])c(F)c1F)(C3)C2)C1CC2c3ccccc3C1c1ccccc12. The van der Waals surface area contributed by atoms with E-state index in [-0.39, 0.29) is 48.9 Å². The second kappa shape index (κ2) is 9.87. The normalized spacial score (nSPS) is 31.7. The molecule has 12 heteroatoms. The molecular weight excluding hydrogens is 628 g/mol. The molecule has 0 radical (unpaired) electrons. The van der Waals surface area contributed by atoms with Gasteiger partial charge in [-0.2, -0.15) is 8.78 Å². The second-order valence-corrected chi connectivity index (χ2v) is 15.1. The summed E-state index contributed by atoms with van der Waals surface area (Å²) in [6.45, 7) is 0. The lowest BCUT2D eigenvalue weighted by molar-refractivity contribution is -0.212. The first kappa shape index (κ1) is 29.6. The van der Waals surface area contributed by atoms with E-state index in [0.29, 0.717) is 19.3 Å². The van der Waals surface area contributed by atoms with E-state index in [1.165, 1.54) is 11.1 Å². The molecule has 0 amide bonds. The van der Waals surface area contributed by atoms with Gasteiger partial charge in [-0.25, -0.2) is 17.2 Å². The van der Waals surface area contributed by atoms with Gasteiger partial charge in [0.15, 0.2) is 11.6 Å². The number of carbonyl (C=O) groups excluding carboxylic acids is 2. The molecule has 4 fully saturated rings. The molecule has 6 bridgehead atoms. The van der Waals surface area contributed by atoms with Crippen molar-refractivity contribution in [2.75, 3.05) is 0 Å². The first-order valence-electron chi connectivity index (χ1n) is 15.3. The molecule has 4 saturated carbocycles. The van der Waals surface area contributed by atoms with E-state index in [1.54, 1.807) is 0 Å². The van der Waals surface area contributed by atoms with E-state index in [2.05, 4.69) is 12.1 Å². The molecule has 0 aliphatic heterocycles. The topological polar surface area (TPSA) is 110 Å². The van der Waals surface area contributed by atoms with Crippen LogP contribution >= 0.6 is 0 Å². The largest absolute Gasteiger partial charge is 0.744 e. The van der Waals surface area contributed by atoms with Gasteiger partial charge in [-0.3, -0.25) is 9.59 Å². The first-order chi connectivity index (χ1) is 21.8. The van der Waals surface area contributed by atoms with Crippen LogP contribution in [0.1, 0.15) is 79.0 Å². The minimum absolute atomic E-state index is 0.00673. The zero-order valence-corrected chi connectivity index (χ0v) is 25.0. The number of rotatable bonds is 5. The Labute approximate surface area is 261 Å². The summed E-state index contributed by atoms with van der Waals surface area (Å²) in [7, 11) is -5.93. The van der Waals surface area contributed by atoms with Crippen LogP contribution in [-0.2, 0) is 24.4 Å². The lowest BCUT2D eigenvalue weighted by atomic mass is 9.48. The molecule has 7 aliphatic rings. The quantitative estimate of drug-likeness (QED) is 0.105. The van der Waals surface area contributed by atoms with Crippen LogP contribution in [0, 0.1) is 46.4 Å². The third-order valence-electron chi connectivity index (χ3n) is 11.0. The van der Waals surface area contributed by atoms with E-state index in [1.807, 2.05) is 36.4 Å². The zero-order valence-electron chi connectivity index (χ0n) is 24.2. The van der Waals surface area contributed by atoms with Crippen LogP contribution in [0.4, 0.5) is 17.6 Å². The monoisotopic (exact) mass is 655 g/mol. The summed E-state index contributed by atoms with van der Waals surface area (Å²) in [5, 5.41) is 0. The maximum atomic E-state index is 14.8. The summed E-state index contributed by atoms with van der Waals surface area (Å²) in [5.74, 6) is -13.6. The van der Waals surface area contributed by atoms with Gasteiger partial charge in [-0.1, -0.05) is 48.5 Å². The minimum Gasteiger partial charge on any atom is -0.744 e. The van der Waals surface area contributed by atoms with Crippen molar-refractivity contribution in [3.05, 3.63) is 94.1 Å². The number of benzene rings is 3. The number of fused-ring (bicyclic) bond motifs is 1. The van der Waals surface area contributed by atoms with Crippen LogP contribution in [0.5, 0.6) is 5.75 Å². The van der Waals surface area contributed by atoms with Crippen molar-refractivity contribution >= 4 is 22.1 Å². The maximum Gasteiger partial charge on any atom is 0.317 e. The minimum atomic E-state index is -5.93. The Hall–Kier alpha value is -3.77. The number of carbonyl (C=O) groups is 2. The highest BCUT2D eigenvalue weighted by molar-refractivity contribution is 7.85. The third-order valence-corrected chi connectivity index (χ3v) is 11.9. The van der Waals surface area contributed by atoms with Gasteiger partial charge in [0.1, 0.15) is 20.6 Å². The average molecular weight is 656 g/mol. The summed E-state index contributed by atoms with van der Waals surface area (Å²) < 4.78 is 103. The van der Waals surface area contributed by atoms with Crippen LogP contribution in [0.15, 0.2) is 53.4 Å². The predicted molar refractivity (Wildman–Crippen MR) is 150 cm³/mol.